The minimum absolute atomic E-state index is 0.0946. The second-order valence-electron chi connectivity index (χ2n) is 6.40. The summed E-state index contributed by atoms with van der Waals surface area (Å²) in [5, 5.41) is 59.6. The fourth-order valence-corrected chi connectivity index (χ4v) is 2.86. The van der Waals surface area contributed by atoms with E-state index < -0.39 is 74.0 Å². The third kappa shape index (κ3) is 4.01. The fraction of sp³-hybridized carbons (Fsp3) is 0.933. The summed E-state index contributed by atoms with van der Waals surface area (Å²) >= 11 is 0. The highest BCUT2D eigenvalue weighted by atomic mass is 16.8. The van der Waals surface area contributed by atoms with Crippen LogP contribution < -0.4 is 0 Å². The van der Waals surface area contributed by atoms with E-state index in [0.29, 0.717) is 0 Å². The number of rotatable bonds is 6. The van der Waals surface area contributed by atoms with Gasteiger partial charge in [-0.25, -0.2) is 0 Å². The highest BCUT2D eigenvalue weighted by Gasteiger charge is 2.57. The average molecular weight is 382 g/mol. The third-order valence-electron chi connectivity index (χ3n) is 4.54. The lowest BCUT2D eigenvalue weighted by molar-refractivity contribution is -0.382. The van der Waals surface area contributed by atoms with Crippen molar-refractivity contribution in [2.24, 2.45) is 0 Å². The molecule has 2 aliphatic rings. The first kappa shape index (κ1) is 21.4. The van der Waals surface area contributed by atoms with Crippen molar-refractivity contribution in [2.45, 2.75) is 75.1 Å². The molecule has 0 aromatic rings. The standard InChI is InChI=1S/C15H26O11/c1-3-8(17)23-4-7-10(19)11(20)12(21)14(24-7)26-15(5-16)13(22)9(18)6(2)25-15/h6-7,9-14,16,18-22H,3-5H2,1-2H3/t6?,7-,9-,10?,11+,12?,13?,14?,15+/m1/s1. The minimum atomic E-state index is -2.10. The van der Waals surface area contributed by atoms with E-state index in [0.717, 1.165) is 0 Å². The van der Waals surface area contributed by atoms with Crippen molar-refractivity contribution in [3.05, 3.63) is 0 Å². The SMILES string of the molecule is CCC(=O)OC[C@H]1OC(O[C@]2(CO)OC(C)[C@@H](O)C2O)C(O)[C@@H](O)C1O. The van der Waals surface area contributed by atoms with E-state index in [2.05, 4.69) is 0 Å². The summed E-state index contributed by atoms with van der Waals surface area (Å²) < 4.78 is 20.9. The Labute approximate surface area is 149 Å². The Balaban J connectivity index is 2.12. The van der Waals surface area contributed by atoms with Gasteiger partial charge in [-0.05, 0) is 6.92 Å². The van der Waals surface area contributed by atoms with Gasteiger partial charge < -0.3 is 49.6 Å². The van der Waals surface area contributed by atoms with Crippen LogP contribution >= 0.6 is 0 Å². The lowest BCUT2D eigenvalue weighted by Crippen LogP contribution is -2.62. The highest BCUT2D eigenvalue weighted by molar-refractivity contribution is 5.68. The molecule has 9 atom stereocenters. The third-order valence-corrected chi connectivity index (χ3v) is 4.54. The first-order chi connectivity index (χ1) is 12.2. The number of carbonyl (C=O) groups excluding carboxylic acids is 1. The Hall–Kier alpha value is -0.890. The molecule has 0 aliphatic carbocycles. The molecule has 152 valence electrons. The van der Waals surface area contributed by atoms with Gasteiger partial charge in [-0.2, -0.15) is 0 Å². The van der Waals surface area contributed by atoms with Crippen LogP contribution in [-0.2, 0) is 23.7 Å². The monoisotopic (exact) mass is 382 g/mol. The normalized spacial score (nSPS) is 46.3. The molecule has 2 rings (SSSR count). The molecule has 11 heteroatoms. The molecule has 2 fully saturated rings. The molecule has 11 nitrogen and oxygen atoms in total. The molecular formula is C15H26O11. The zero-order valence-electron chi connectivity index (χ0n) is 14.5. The van der Waals surface area contributed by atoms with Gasteiger partial charge in [0.2, 0.25) is 5.79 Å². The molecular weight excluding hydrogens is 356 g/mol. The molecule has 0 aromatic carbocycles. The zero-order chi connectivity index (χ0) is 19.6. The highest BCUT2D eigenvalue weighted by Crippen LogP contribution is 2.35. The number of hydrogen-bond acceptors (Lipinski definition) is 11. The van der Waals surface area contributed by atoms with E-state index in [1.807, 2.05) is 0 Å². The van der Waals surface area contributed by atoms with Gasteiger partial charge in [0.25, 0.3) is 0 Å². The quantitative estimate of drug-likeness (QED) is 0.252. The predicted octanol–water partition coefficient (Wildman–Crippen LogP) is -3.41. The number of carbonyl (C=O) groups is 1. The molecule has 2 saturated heterocycles. The molecule has 5 unspecified atom stereocenters. The molecule has 0 spiro atoms. The average Bonchev–Trinajstić information content (AvgIpc) is 2.85. The van der Waals surface area contributed by atoms with Crippen molar-refractivity contribution in [2.75, 3.05) is 13.2 Å². The van der Waals surface area contributed by atoms with E-state index in [1.165, 1.54) is 6.92 Å². The number of aliphatic hydroxyl groups excluding tert-OH is 6. The minimum Gasteiger partial charge on any atom is -0.463 e. The van der Waals surface area contributed by atoms with Gasteiger partial charge in [-0.1, -0.05) is 6.92 Å². The summed E-state index contributed by atoms with van der Waals surface area (Å²) in [4.78, 5) is 11.3. The molecule has 2 aliphatic heterocycles. The Kier molecular flexibility index (Phi) is 6.93. The van der Waals surface area contributed by atoms with E-state index in [-0.39, 0.29) is 6.42 Å². The second kappa shape index (κ2) is 8.42. The Morgan fingerprint density at radius 1 is 1.08 bits per heavy atom. The van der Waals surface area contributed by atoms with Gasteiger partial charge in [0.1, 0.15) is 49.8 Å². The molecule has 0 radical (unpaired) electrons. The lowest BCUT2D eigenvalue weighted by Gasteiger charge is -2.43. The van der Waals surface area contributed by atoms with Crippen LogP contribution in [0.4, 0.5) is 0 Å². The Bertz CT molecular complexity index is 488. The summed E-state index contributed by atoms with van der Waals surface area (Å²) in [5.74, 6) is -2.66. The fourth-order valence-electron chi connectivity index (χ4n) is 2.86. The number of aliphatic hydroxyl groups is 6. The lowest BCUT2D eigenvalue weighted by atomic mass is 9.99. The van der Waals surface area contributed by atoms with Crippen LogP contribution in [0.5, 0.6) is 0 Å². The molecule has 0 saturated carbocycles. The number of ether oxygens (including phenoxy) is 4. The van der Waals surface area contributed by atoms with Crippen molar-refractivity contribution in [3.63, 3.8) is 0 Å². The summed E-state index contributed by atoms with van der Waals surface area (Å²) in [6.45, 7) is 1.72. The molecule has 6 N–H and O–H groups in total. The van der Waals surface area contributed by atoms with Crippen molar-refractivity contribution < 1.29 is 54.4 Å². The first-order valence-corrected chi connectivity index (χ1v) is 8.34. The smallest absolute Gasteiger partial charge is 0.305 e. The second-order valence-corrected chi connectivity index (χ2v) is 6.40. The van der Waals surface area contributed by atoms with Gasteiger partial charge in [0, 0.05) is 6.42 Å². The van der Waals surface area contributed by atoms with Crippen LogP contribution in [0.1, 0.15) is 20.3 Å². The Morgan fingerprint density at radius 2 is 1.73 bits per heavy atom. The molecule has 2 heterocycles. The maximum atomic E-state index is 11.3. The van der Waals surface area contributed by atoms with Crippen molar-refractivity contribution in [1.82, 2.24) is 0 Å². The van der Waals surface area contributed by atoms with Crippen LogP contribution in [0.15, 0.2) is 0 Å². The predicted molar refractivity (Wildman–Crippen MR) is 81.4 cm³/mol. The number of esters is 1. The van der Waals surface area contributed by atoms with E-state index in [9.17, 15) is 35.4 Å². The largest absolute Gasteiger partial charge is 0.463 e. The van der Waals surface area contributed by atoms with E-state index >= 15 is 0 Å². The molecule has 0 aromatic heterocycles. The van der Waals surface area contributed by atoms with Crippen LogP contribution in [0.25, 0.3) is 0 Å². The molecule has 0 amide bonds. The maximum absolute atomic E-state index is 11.3. The van der Waals surface area contributed by atoms with Gasteiger partial charge in [-0.15, -0.1) is 0 Å². The summed E-state index contributed by atoms with van der Waals surface area (Å²) in [5.41, 5.74) is 0. The van der Waals surface area contributed by atoms with Crippen molar-refractivity contribution >= 4 is 5.97 Å². The van der Waals surface area contributed by atoms with Gasteiger partial charge in [0.05, 0.1) is 6.10 Å². The van der Waals surface area contributed by atoms with Gasteiger partial charge in [-0.3, -0.25) is 4.79 Å². The van der Waals surface area contributed by atoms with Crippen molar-refractivity contribution in [3.8, 4) is 0 Å². The van der Waals surface area contributed by atoms with Gasteiger partial charge >= 0.3 is 5.97 Å². The maximum Gasteiger partial charge on any atom is 0.305 e. The zero-order valence-corrected chi connectivity index (χ0v) is 14.5. The van der Waals surface area contributed by atoms with Crippen LogP contribution in [-0.4, -0.2) is 105 Å². The van der Waals surface area contributed by atoms with Gasteiger partial charge in [0.15, 0.2) is 6.29 Å². The van der Waals surface area contributed by atoms with Crippen molar-refractivity contribution in [1.29, 1.82) is 0 Å². The van der Waals surface area contributed by atoms with Crippen LogP contribution in [0.2, 0.25) is 0 Å². The Morgan fingerprint density at radius 3 is 2.23 bits per heavy atom. The van der Waals surface area contributed by atoms with E-state index in [4.69, 9.17) is 18.9 Å². The topological polar surface area (TPSA) is 175 Å². The summed E-state index contributed by atoms with van der Waals surface area (Å²) in [6, 6.07) is 0. The first-order valence-electron chi connectivity index (χ1n) is 8.34. The van der Waals surface area contributed by atoms with E-state index in [1.54, 1.807) is 6.92 Å². The summed E-state index contributed by atoms with van der Waals surface area (Å²) in [6.07, 6.45) is -11.7. The van der Waals surface area contributed by atoms with Crippen LogP contribution in [0, 0.1) is 0 Å². The van der Waals surface area contributed by atoms with Crippen LogP contribution in [0.3, 0.4) is 0 Å². The molecule has 0 bridgehead atoms. The number of hydrogen-bond donors (Lipinski definition) is 6. The molecule has 26 heavy (non-hydrogen) atoms. The summed E-state index contributed by atoms with van der Waals surface area (Å²) in [7, 11) is 0.